The number of methoxy groups -OCH3 is 1. The molecule has 0 aliphatic rings. The van der Waals surface area contributed by atoms with Gasteiger partial charge >= 0.3 is 5.97 Å². The molecular formula is C16H21NO4. The Hall–Kier alpha value is -2.30. The van der Waals surface area contributed by atoms with Gasteiger partial charge in [0.15, 0.2) is 6.61 Å². The van der Waals surface area contributed by atoms with Gasteiger partial charge in [0.2, 0.25) is 0 Å². The summed E-state index contributed by atoms with van der Waals surface area (Å²) in [5, 5.41) is 0. The summed E-state index contributed by atoms with van der Waals surface area (Å²) >= 11 is 0. The van der Waals surface area contributed by atoms with Gasteiger partial charge in [-0.25, -0.2) is 0 Å². The molecule has 0 aliphatic heterocycles. The van der Waals surface area contributed by atoms with Crippen LogP contribution in [0, 0.1) is 6.92 Å². The molecule has 0 N–H and O–H groups in total. The largest absolute Gasteiger partial charge is 0.484 e. The molecule has 0 bridgehead atoms. The van der Waals surface area contributed by atoms with Crippen molar-refractivity contribution in [2.24, 2.45) is 0 Å². The van der Waals surface area contributed by atoms with E-state index in [2.05, 4.69) is 11.3 Å². The van der Waals surface area contributed by atoms with Crippen LogP contribution >= 0.6 is 0 Å². The third kappa shape index (κ3) is 6.12. The van der Waals surface area contributed by atoms with Crippen LogP contribution in [-0.4, -0.2) is 43.6 Å². The summed E-state index contributed by atoms with van der Waals surface area (Å²) in [6.45, 7) is 6.17. The molecule has 114 valence electrons. The van der Waals surface area contributed by atoms with Crippen molar-refractivity contribution < 1.29 is 19.1 Å². The molecule has 1 amide bonds. The first-order chi connectivity index (χ1) is 10.1. The predicted molar refractivity (Wildman–Crippen MR) is 80.1 cm³/mol. The third-order valence-corrected chi connectivity index (χ3v) is 2.90. The Kier molecular flexibility index (Phi) is 7.01. The molecule has 0 saturated heterocycles. The van der Waals surface area contributed by atoms with Crippen molar-refractivity contribution in [2.45, 2.75) is 13.3 Å². The summed E-state index contributed by atoms with van der Waals surface area (Å²) in [4.78, 5) is 24.7. The van der Waals surface area contributed by atoms with E-state index in [-0.39, 0.29) is 31.4 Å². The smallest absolute Gasteiger partial charge is 0.307 e. The van der Waals surface area contributed by atoms with E-state index >= 15 is 0 Å². The van der Waals surface area contributed by atoms with Gasteiger partial charge in [0, 0.05) is 13.1 Å². The Labute approximate surface area is 125 Å². The van der Waals surface area contributed by atoms with Gasteiger partial charge < -0.3 is 14.4 Å². The van der Waals surface area contributed by atoms with Crippen molar-refractivity contribution in [1.29, 1.82) is 0 Å². The van der Waals surface area contributed by atoms with Crippen molar-refractivity contribution in [3.8, 4) is 5.75 Å². The number of esters is 1. The predicted octanol–water partition coefficient (Wildman–Crippen LogP) is 1.95. The summed E-state index contributed by atoms with van der Waals surface area (Å²) in [5.74, 6) is 0.0937. The van der Waals surface area contributed by atoms with Crippen LogP contribution in [0.15, 0.2) is 36.9 Å². The zero-order chi connectivity index (χ0) is 15.7. The standard InChI is InChI=1S/C16H21NO4/c1-4-10-17(11-9-16(19)20-3)15(18)12-21-14-7-5-13(2)6-8-14/h4-8H,1,9-12H2,2-3H3. The summed E-state index contributed by atoms with van der Waals surface area (Å²) in [6, 6.07) is 7.46. The molecule has 0 saturated carbocycles. The lowest BCUT2D eigenvalue weighted by Crippen LogP contribution is -2.36. The number of hydrogen-bond donors (Lipinski definition) is 0. The van der Waals surface area contributed by atoms with E-state index in [0.717, 1.165) is 5.56 Å². The number of carbonyl (C=O) groups is 2. The van der Waals surface area contributed by atoms with Gasteiger partial charge in [-0.2, -0.15) is 0 Å². The number of carbonyl (C=O) groups excluding carboxylic acids is 2. The topological polar surface area (TPSA) is 55.8 Å². The van der Waals surface area contributed by atoms with Gasteiger partial charge in [-0.1, -0.05) is 23.8 Å². The average Bonchev–Trinajstić information content (AvgIpc) is 2.50. The van der Waals surface area contributed by atoms with E-state index in [1.54, 1.807) is 6.08 Å². The van der Waals surface area contributed by atoms with Gasteiger partial charge in [-0.15, -0.1) is 6.58 Å². The second kappa shape index (κ2) is 8.79. The van der Waals surface area contributed by atoms with E-state index in [1.165, 1.54) is 12.0 Å². The Morgan fingerprint density at radius 3 is 2.52 bits per heavy atom. The van der Waals surface area contributed by atoms with Crippen LogP contribution in [0.25, 0.3) is 0 Å². The van der Waals surface area contributed by atoms with Crippen molar-refractivity contribution in [1.82, 2.24) is 4.90 Å². The van der Waals surface area contributed by atoms with Gasteiger partial charge in [0.05, 0.1) is 13.5 Å². The molecule has 0 unspecified atom stereocenters. The Morgan fingerprint density at radius 2 is 1.95 bits per heavy atom. The minimum Gasteiger partial charge on any atom is -0.484 e. The summed E-state index contributed by atoms with van der Waals surface area (Å²) < 4.78 is 10.0. The first-order valence-corrected chi connectivity index (χ1v) is 6.71. The fraction of sp³-hybridized carbons (Fsp3) is 0.375. The van der Waals surface area contributed by atoms with E-state index < -0.39 is 0 Å². The number of nitrogens with zero attached hydrogens (tertiary/aromatic N) is 1. The van der Waals surface area contributed by atoms with Crippen molar-refractivity contribution in [2.75, 3.05) is 26.8 Å². The highest BCUT2D eigenvalue weighted by Crippen LogP contribution is 2.11. The molecule has 0 heterocycles. The maximum Gasteiger partial charge on any atom is 0.307 e. The molecule has 5 heteroatoms. The van der Waals surface area contributed by atoms with Crippen LogP contribution in [-0.2, 0) is 14.3 Å². The fourth-order valence-electron chi connectivity index (χ4n) is 1.67. The molecule has 0 atom stereocenters. The Bertz CT molecular complexity index is 482. The van der Waals surface area contributed by atoms with E-state index in [1.807, 2.05) is 31.2 Å². The molecule has 5 nitrogen and oxygen atoms in total. The van der Waals surface area contributed by atoms with E-state index in [9.17, 15) is 9.59 Å². The first-order valence-electron chi connectivity index (χ1n) is 6.71. The highest BCUT2D eigenvalue weighted by molar-refractivity contribution is 5.78. The summed E-state index contributed by atoms with van der Waals surface area (Å²) in [6.07, 6.45) is 1.77. The monoisotopic (exact) mass is 291 g/mol. The average molecular weight is 291 g/mol. The number of hydrogen-bond acceptors (Lipinski definition) is 4. The SMILES string of the molecule is C=CCN(CCC(=O)OC)C(=O)COc1ccc(C)cc1. The lowest BCUT2D eigenvalue weighted by atomic mass is 10.2. The lowest BCUT2D eigenvalue weighted by molar-refractivity contribution is -0.142. The third-order valence-electron chi connectivity index (χ3n) is 2.90. The number of benzene rings is 1. The lowest BCUT2D eigenvalue weighted by Gasteiger charge is -2.20. The quantitative estimate of drug-likeness (QED) is 0.542. The van der Waals surface area contributed by atoms with Crippen LogP contribution in [0.3, 0.4) is 0 Å². The zero-order valence-corrected chi connectivity index (χ0v) is 12.5. The number of rotatable bonds is 8. The second-order valence-electron chi connectivity index (χ2n) is 4.56. The van der Waals surface area contributed by atoms with Crippen molar-refractivity contribution in [3.63, 3.8) is 0 Å². The highest BCUT2D eigenvalue weighted by Gasteiger charge is 2.14. The van der Waals surface area contributed by atoms with Crippen LogP contribution in [0.2, 0.25) is 0 Å². The van der Waals surface area contributed by atoms with E-state index in [4.69, 9.17) is 4.74 Å². The van der Waals surface area contributed by atoms with Gasteiger partial charge in [0.1, 0.15) is 5.75 Å². The van der Waals surface area contributed by atoms with Crippen LogP contribution in [0.1, 0.15) is 12.0 Å². The minimum atomic E-state index is -0.351. The molecular weight excluding hydrogens is 270 g/mol. The normalized spacial score (nSPS) is 9.81. The number of aryl methyl sites for hydroxylation is 1. The fourth-order valence-corrected chi connectivity index (χ4v) is 1.67. The van der Waals surface area contributed by atoms with Gasteiger partial charge in [-0.05, 0) is 19.1 Å². The molecule has 0 aromatic heterocycles. The van der Waals surface area contributed by atoms with Crippen LogP contribution in [0.4, 0.5) is 0 Å². The molecule has 0 radical (unpaired) electrons. The second-order valence-corrected chi connectivity index (χ2v) is 4.56. The zero-order valence-electron chi connectivity index (χ0n) is 12.5. The summed E-state index contributed by atoms with van der Waals surface area (Å²) in [5.41, 5.74) is 1.13. The highest BCUT2D eigenvalue weighted by atomic mass is 16.5. The minimum absolute atomic E-state index is 0.0714. The molecule has 0 spiro atoms. The van der Waals surface area contributed by atoms with Crippen molar-refractivity contribution in [3.05, 3.63) is 42.5 Å². The first kappa shape index (κ1) is 16.8. The molecule has 0 aliphatic carbocycles. The Morgan fingerprint density at radius 1 is 1.29 bits per heavy atom. The Balaban J connectivity index is 2.49. The number of ether oxygens (including phenoxy) is 2. The van der Waals surface area contributed by atoms with Gasteiger partial charge in [0.25, 0.3) is 5.91 Å². The van der Waals surface area contributed by atoms with Crippen LogP contribution in [0.5, 0.6) is 5.75 Å². The van der Waals surface area contributed by atoms with Gasteiger partial charge in [-0.3, -0.25) is 9.59 Å². The molecule has 0 fully saturated rings. The van der Waals surface area contributed by atoms with E-state index in [0.29, 0.717) is 12.3 Å². The molecule has 1 aromatic carbocycles. The summed E-state index contributed by atoms with van der Waals surface area (Å²) in [7, 11) is 1.32. The van der Waals surface area contributed by atoms with Crippen molar-refractivity contribution >= 4 is 11.9 Å². The van der Waals surface area contributed by atoms with Crippen LogP contribution < -0.4 is 4.74 Å². The molecule has 1 aromatic rings. The number of amides is 1. The molecule has 1 rings (SSSR count). The maximum absolute atomic E-state index is 12.1. The maximum atomic E-state index is 12.1. The molecule has 21 heavy (non-hydrogen) atoms.